The van der Waals surface area contributed by atoms with E-state index >= 15 is 0 Å². The number of nitrogens with one attached hydrogen (secondary N) is 2. The number of nitrogens with zero attached hydrogens (tertiary/aromatic N) is 3. The summed E-state index contributed by atoms with van der Waals surface area (Å²) in [4.78, 5) is 69.4. The lowest BCUT2D eigenvalue weighted by Crippen LogP contribution is -2.71. The Morgan fingerprint density at radius 1 is 1.38 bits per heavy atom. The Morgan fingerprint density at radius 2 is 2.12 bits per heavy atom. The molecule has 7 N–H and O–H groups in total. The number of rotatable bonds is 8. The van der Waals surface area contributed by atoms with Crippen LogP contribution in [0.15, 0.2) is 21.8 Å². The van der Waals surface area contributed by atoms with Crippen LogP contribution in [0.3, 0.4) is 0 Å². The number of hydrogen-bond donors (Lipinski definition) is 5. The van der Waals surface area contributed by atoms with Gasteiger partial charge in [0.2, 0.25) is 0 Å². The van der Waals surface area contributed by atoms with Crippen LogP contribution in [0.4, 0.5) is 14.7 Å². The van der Waals surface area contributed by atoms with Gasteiger partial charge < -0.3 is 31.9 Å². The van der Waals surface area contributed by atoms with Gasteiger partial charge in [-0.05, 0) is 6.92 Å². The van der Waals surface area contributed by atoms with Crippen LogP contribution in [0.25, 0.3) is 0 Å². The minimum absolute atomic E-state index is 0.0150. The summed E-state index contributed by atoms with van der Waals surface area (Å²) in [6.45, 7) is 1.52. The van der Waals surface area contributed by atoms with Gasteiger partial charge in [-0.15, -0.1) is 23.1 Å². The van der Waals surface area contributed by atoms with Crippen molar-refractivity contribution >= 4 is 63.9 Å². The molecule has 1 fully saturated rings. The Hall–Kier alpha value is -3.86. The van der Waals surface area contributed by atoms with Crippen molar-refractivity contribution in [2.24, 2.45) is 10.9 Å². The predicted octanol–water partition coefficient (Wildman–Crippen LogP) is -0.991. The van der Waals surface area contributed by atoms with Crippen molar-refractivity contribution in [3.8, 4) is 0 Å². The molecule has 34 heavy (non-hydrogen) atoms. The van der Waals surface area contributed by atoms with E-state index in [9.17, 15) is 29.1 Å². The number of nitrogen functional groups attached to an aromatic ring is 1. The van der Waals surface area contributed by atoms with E-state index in [0.717, 1.165) is 28.0 Å². The highest BCUT2D eigenvalue weighted by Crippen LogP contribution is 2.40. The number of aromatic nitrogens is 1. The second-order valence-electron chi connectivity index (χ2n) is 6.65. The fourth-order valence-electron chi connectivity index (χ4n) is 3.03. The Bertz CT molecular complexity index is 1100. The molecule has 0 aliphatic carbocycles. The topological polar surface area (TPSA) is 229 Å². The molecule has 0 radical (unpaired) electrons. The van der Waals surface area contributed by atoms with E-state index < -0.39 is 53.7 Å². The highest BCUT2D eigenvalue weighted by Gasteiger charge is 2.54. The van der Waals surface area contributed by atoms with Gasteiger partial charge in [0.15, 0.2) is 10.8 Å². The van der Waals surface area contributed by atoms with Gasteiger partial charge in [0.25, 0.3) is 11.8 Å². The summed E-state index contributed by atoms with van der Waals surface area (Å²) in [7, 11) is 0. The second kappa shape index (κ2) is 10.4. The maximum absolute atomic E-state index is 12.9. The van der Waals surface area contributed by atoms with Crippen molar-refractivity contribution in [1.29, 1.82) is 0 Å². The van der Waals surface area contributed by atoms with Crippen LogP contribution in [0, 0.1) is 0 Å². The quantitative estimate of drug-likeness (QED) is 0.123. The lowest BCUT2D eigenvalue weighted by Gasteiger charge is -2.49. The van der Waals surface area contributed by atoms with Crippen molar-refractivity contribution < 1.29 is 38.7 Å². The molecule has 3 heterocycles. The van der Waals surface area contributed by atoms with E-state index in [1.807, 2.05) is 0 Å². The van der Waals surface area contributed by atoms with Crippen LogP contribution in [0.5, 0.6) is 0 Å². The molecule has 1 saturated heterocycles. The Labute approximate surface area is 199 Å². The first-order chi connectivity index (χ1) is 16.1. The van der Waals surface area contributed by atoms with Crippen molar-refractivity contribution in [3.05, 3.63) is 22.3 Å². The minimum atomic E-state index is -1.40. The zero-order valence-corrected chi connectivity index (χ0v) is 19.1. The number of hydrogen-bond acceptors (Lipinski definition) is 12. The normalized spacial score (nSPS) is 19.6. The SMILES string of the molecule is CCNC(=O)ON=C(C(=O)NC1C(=O)N2C(C(=O)O)=C(COC(N)=O)CS[C@@H]12)c1csc(N)n1. The predicted molar refractivity (Wildman–Crippen MR) is 118 cm³/mol. The van der Waals surface area contributed by atoms with E-state index in [4.69, 9.17) is 11.5 Å². The highest BCUT2D eigenvalue weighted by atomic mass is 32.2. The van der Waals surface area contributed by atoms with E-state index in [1.165, 1.54) is 5.38 Å². The number of thioether (sulfide) groups is 1. The van der Waals surface area contributed by atoms with Crippen LogP contribution < -0.4 is 22.1 Å². The third-order valence-electron chi connectivity index (χ3n) is 4.45. The molecule has 182 valence electrons. The maximum Gasteiger partial charge on any atom is 0.433 e. The van der Waals surface area contributed by atoms with Gasteiger partial charge in [-0.25, -0.2) is 19.4 Å². The average Bonchev–Trinajstić information content (AvgIpc) is 3.21. The number of fused-ring (bicyclic) bond motifs is 1. The largest absolute Gasteiger partial charge is 0.477 e. The van der Waals surface area contributed by atoms with Crippen LogP contribution in [-0.4, -0.2) is 81.0 Å². The molecule has 0 spiro atoms. The molecule has 2 aliphatic rings. The smallest absolute Gasteiger partial charge is 0.433 e. The van der Waals surface area contributed by atoms with Gasteiger partial charge in [0, 0.05) is 23.3 Å². The molecular weight excluding hydrogens is 494 g/mol. The number of amides is 4. The number of carboxylic acids is 1. The van der Waals surface area contributed by atoms with E-state index in [1.54, 1.807) is 6.92 Å². The van der Waals surface area contributed by atoms with Crippen molar-refractivity contribution in [3.63, 3.8) is 0 Å². The van der Waals surface area contributed by atoms with Gasteiger partial charge in [-0.3, -0.25) is 19.3 Å². The van der Waals surface area contributed by atoms with Crippen LogP contribution >= 0.6 is 23.1 Å². The number of thiazole rings is 1. The molecule has 15 nitrogen and oxygen atoms in total. The number of nitrogens with two attached hydrogens (primary N) is 2. The van der Waals surface area contributed by atoms with Gasteiger partial charge in [0.05, 0.1) is 0 Å². The van der Waals surface area contributed by atoms with E-state index in [2.05, 4.69) is 30.3 Å². The number of anilines is 1. The summed E-state index contributed by atoms with van der Waals surface area (Å²) >= 11 is 2.17. The summed E-state index contributed by atoms with van der Waals surface area (Å²) in [5.74, 6) is -2.89. The standard InChI is InChI=1S/C17H19N7O8S2/c1-2-20-17(30)32-23-8(7-5-34-15(18)21-7)11(25)22-9-12(26)24-10(14(27)28)6(3-31-16(19)29)4-33-13(9)24/h5,9,13H,2-4H2,1H3,(H2,18,21)(H2,19,29)(H,20,30)(H,22,25)(H,27,28)/t9?,13-/m0/s1. The van der Waals surface area contributed by atoms with Crippen LogP contribution in [0.2, 0.25) is 0 Å². The zero-order chi connectivity index (χ0) is 25.0. The number of oxime groups is 1. The van der Waals surface area contributed by atoms with E-state index in [-0.39, 0.29) is 34.4 Å². The summed E-state index contributed by atoms with van der Waals surface area (Å²) in [5, 5.41) is 18.7. The fraction of sp³-hybridized carbons (Fsp3) is 0.353. The van der Waals surface area contributed by atoms with E-state index in [0.29, 0.717) is 0 Å². The maximum atomic E-state index is 12.9. The highest BCUT2D eigenvalue weighted by molar-refractivity contribution is 8.00. The third kappa shape index (κ3) is 5.20. The fourth-order valence-corrected chi connectivity index (χ4v) is 4.90. The number of primary amides is 1. The Kier molecular flexibility index (Phi) is 7.57. The number of aliphatic carboxylic acids is 1. The zero-order valence-electron chi connectivity index (χ0n) is 17.5. The van der Waals surface area contributed by atoms with Crippen molar-refractivity contribution in [2.75, 3.05) is 24.6 Å². The Balaban J connectivity index is 1.78. The molecule has 17 heteroatoms. The van der Waals surface area contributed by atoms with Gasteiger partial charge >= 0.3 is 18.2 Å². The lowest BCUT2D eigenvalue weighted by atomic mass is 10.0. The molecule has 1 aromatic rings. The van der Waals surface area contributed by atoms with Crippen LogP contribution in [0.1, 0.15) is 12.6 Å². The first kappa shape index (κ1) is 24.8. The summed E-state index contributed by atoms with van der Waals surface area (Å²) in [5.41, 5.74) is 9.97. The Morgan fingerprint density at radius 3 is 2.71 bits per heavy atom. The van der Waals surface area contributed by atoms with Gasteiger partial charge in [-0.2, -0.15) is 0 Å². The number of carbonyl (C=O) groups excluding carboxylic acids is 4. The molecular formula is C17H19N7O8S2. The van der Waals surface area contributed by atoms with Gasteiger partial charge in [-0.1, -0.05) is 5.16 Å². The molecule has 1 unspecified atom stereocenters. The number of carboxylic acid groups (broad SMARTS) is 1. The molecule has 2 aliphatic heterocycles. The average molecular weight is 514 g/mol. The molecule has 0 aromatic carbocycles. The monoisotopic (exact) mass is 513 g/mol. The molecule has 4 amide bonds. The molecule has 2 atom stereocenters. The van der Waals surface area contributed by atoms with Crippen molar-refractivity contribution in [2.45, 2.75) is 18.3 Å². The third-order valence-corrected chi connectivity index (χ3v) is 6.46. The minimum Gasteiger partial charge on any atom is -0.477 e. The number of β-lactam (4-membered cyclic amide) rings is 1. The number of carbonyl (C=O) groups is 5. The van der Waals surface area contributed by atoms with Crippen molar-refractivity contribution in [1.82, 2.24) is 20.5 Å². The summed E-state index contributed by atoms with van der Waals surface area (Å²) < 4.78 is 4.66. The number of ether oxygens (including phenoxy) is 1. The summed E-state index contributed by atoms with van der Waals surface area (Å²) in [6.07, 6.45) is -2.00. The first-order valence-corrected chi connectivity index (χ1v) is 11.4. The molecule has 3 rings (SSSR count). The lowest BCUT2D eigenvalue weighted by molar-refractivity contribution is -0.150. The summed E-state index contributed by atoms with van der Waals surface area (Å²) in [6, 6.07) is -1.10. The second-order valence-corrected chi connectivity index (χ2v) is 8.64. The molecule has 1 aromatic heterocycles. The van der Waals surface area contributed by atoms with Gasteiger partial charge in [0.1, 0.15) is 29.4 Å². The molecule has 0 bridgehead atoms. The molecule has 0 saturated carbocycles. The first-order valence-electron chi connectivity index (χ1n) is 9.51. The van der Waals surface area contributed by atoms with Crippen LogP contribution in [-0.2, 0) is 24.0 Å².